The molecule has 2 nitrogen and oxygen atoms in total. The average molecular weight is 329 g/mol. The Morgan fingerprint density at radius 3 is 2.37 bits per heavy atom. The van der Waals surface area contributed by atoms with Crippen LogP contribution in [0.3, 0.4) is 0 Å². The molecule has 0 fully saturated rings. The van der Waals surface area contributed by atoms with Crippen molar-refractivity contribution in [3.05, 3.63) is 54.7 Å². The molecule has 0 bridgehead atoms. The summed E-state index contributed by atoms with van der Waals surface area (Å²) in [5.74, 6) is 0.253. The summed E-state index contributed by atoms with van der Waals surface area (Å²) in [6.07, 6.45) is 2.54. The first kappa shape index (κ1) is 16.2. The number of pyridine rings is 1. The van der Waals surface area contributed by atoms with Crippen molar-refractivity contribution >= 4 is 5.78 Å². The normalized spacial score (nSPS) is 11.5. The summed E-state index contributed by atoms with van der Waals surface area (Å²) >= 11 is 0. The second-order valence-corrected chi connectivity index (χ2v) is 4.36. The number of carbonyl (C=O) groups is 1. The maximum atomic E-state index is 11.9. The smallest absolute Gasteiger partial charge is 0.213 e. The Hall–Kier alpha value is -0.856. The monoisotopic (exact) mass is 329 g/mol. The van der Waals surface area contributed by atoms with Crippen LogP contribution in [0.1, 0.15) is 26.3 Å². The van der Waals surface area contributed by atoms with Gasteiger partial charge in [-0.25, -0.2) is 0 Å². The molecule has 0 N–H and O–H groups in total. The van der Waals surface area contributed by atoms with Crippen molar-refractivity contribution in [2.24, 2.45) is 0 Å². The fourth-order valence-electron chi connectivity index (χ4n) is 2.10. The van der Waals surface area contributed by atoms with Crippen molar-refractivity contribution < 1.29 is 42.1 Å². The van der Waals surface area contributed by atoms with Crippen LogP contribution in [0.2, 0.25) is 0 Å². The Morgan fingerprint density at radius 1 is 1.11 bits per heavy atom. The van der Waals surface area contributed by atoms with Crippen LogP contribution in [0.25, 0.3) is 11.3 Å². The van der Waals surface area contributed by atoms with E-state index in [4.69, 9.17) is 0 Å². The summed E-state index contributed by atoms with van der Waals surface area (Å²) in [4.78, 5) is 11.9. The van der Waals surface area contributed by atoms with E-state index in [1.807, 2.05) is 54.9 Å². The molecule has 0 spiro atoms. The molecule has 0 aliphatic carbocycles. The van der Waals surface area contributed by atoms with E-state index in [0.717, 1.165) is 11.3 Å². The molecule has 0 saturated heterocycles. The third-order valence-electron chi connectivity index (χ3n) is 3.19. The second-order valence-electron chi connectivity index (χ2n) is 4.36. The minimum atomic E-state index is -0.119. The summed E-state index contributed by atoms with van der Waals surface area (Å²) in [6, 6.07) is 16.0. The summed E-state index contributed by atoms with van der Waals surface area (Å²) in [5.41, 5.74) is 2.21. The largest absolute Gasteiger partial charge is 0.292 e. The van der Waals surface area contributed by atoms with Gasteiger partial charge in [0.2, 0.25) is 11.7 Å². The van der Waals surface area contributed by atoms with Crippen LogP contribution in [0, 0.1) is 0 Å². The molecular formula is C16H18NOY+. The van der Waals surface area contributed by atoms with E-state index in [2.05, 4.69) is 18.2 Å². The summed E-state index contributed by atoms with van der Waals surface area (Å²) < 4.78 is 2.04. The number of hydrogen-bond donors (Lipinski definition) is 0. The first-order valence-electron chi connectivity index (χ1n) is 6.32. The van der Waals surface area contributed by atoms with Gasteiger partial charge in [0.05, 0.1) is 0 Å². The van der Waals surface area contributed by atoms with E-state index < -0.39 is 0 Å². The first-order chi connectivity index (χ1) is 8.74. The number of benzene rings is 1. The van der Waals surface area contributed by atoms with Crippen molar-refractivity contribution in [2.45, 2.75) is 26.3 Å². The average Bonchev–Trinajstić information content (AvgIpc) is 2.46. The summed E-state index contributed by atoms with van der Waals surface area (Å²) in [6.45, 7) is 3.86. The number of aromatic nitrogens is 1. The molecule has 1 atom stereocenters. The Labute approximate surface area is 139 Å². The van der Waals surface area contributed by atoms with Gasteiger partial charge in [0.15, 0.2) is 12.0 Å². The van der Waals surface area contributed by atoms with Crippen LogP contribution in [0.15, 0.2) is 54.7 Å². The van der Waals surface area contributed by atoms with E-state index in [1.165, 1.54) is 0 Å². The Kier molecular flexibility index (Phi) is 6.54. The molecule has 0 amide bonds. The summed E-state index contributed by atoms with van der Waals surface area (Å²) in [5, 5.41) is 0. The Morgan fingerprint density at radius 2 is 1.74 bits per heavy atom. The molecule has 1 heterocycles. The zero-order valence-electron chi connectivity index (χ0n) is 11.4. The van der Waals surface area contributed by atoms with Gasteiger partial charge < -0.3 is 0 Å². The number of ketones is 1. The molecule has 1 aromatic heterocycles. The van der Waals surface area contributed by atoms with Gasteiger partial charge in [-0.2, -0.15) is 4.57 Å². The van der Waals surface area contributed by atoms with E-state index >= 15 is 0 Å². The number of hydrogen-bond acceptors (Lipinski definition) is 1. The van der Waals surface area contributed by atoms with Crippen molar-refractivity contribution in [1.82, 2.24) is 0 Å². The van der Waals surface area contributed by atoms with Crippen molar-refractivity contribution in [1.29, 1.82) is 0 Å². The zero-order valence-corrected chi connectivity index (χ0v) is 14.3. The van der Waals surface area contributed by atoms with Gasteiger partial charge in [0, 0.05) is 63.7 Å². The molecule has 2 aromatic rings. The maximum absolute atomic E-state index is 11.9. The minimum Gasteiger partial charge on any atom is -0.292 e. The quantitative estimate of drug-likeness (QED) is 0.789. The number of carbonyl (C=O) groups excluding carboxylic acids is 1. The van der Waals surface area contributed by atoms with Crippen molar-refractivity contribution in [3.8, 4) is 11.3 Å². The SMILES string of the molecule is CCC(=O)C(C)[n+]1ccccc1-c1ccccc1.[Y]. The molecule has 0 aliphatic rings. The minimum absolute atomic E-state index is 0. The number of Topliss-reactive ketones (excluding diaryl/α,β-unsaturated/α-hetero) is 1. The molecule has 19 heavy (non-hydrogen) atoms. The van der Waals surface area contributed by atoms with E-state index in [9.17, 15) is 4.79 Å². The van der Waals surface area contributed by atoms with E-state index in [1.54, 1.807) is 0 Å². The topological polar surface area (TPSA) is 20.9 Å². The number of nitrogens with zero attached hydrogens (tertiary/aromatic N) is 1. The fourth-order valence-corrected chi connectivity index (χ4v) is 2.10. The fraction of sp³-hybridized carbons (Fsp3) is 0.250. The predicted molar refractivity (Wildman–Crippen MR) is 72.1 cm³/mol. The molecule has 0 aliphatic heterocycles. The molecule has 1 aromatic carbocycles. The summed E-state index contributed by atoms with van der Waals surface area (Å²) in [7, 11) is 0. The number of rotatable bonds is 4. The van der Waals surface area contributed by atoms with Crippen LogP contribution < -0.4 is 4.57 Å². The van der Waals surface area contributed by atoms with Crippen LogP contribution in [-0.2, 0) is 37.5 Å². The second kappa shape index (κ2) is 7.66. The van der Waals surface area contributed by atoms with Crippen LogP contribution in [-0.4, -0.2) is 5.78 Å². The Balaban J connectivity index is 0.00000180. The van der Waals surface area contributed by atoms with E-state index in [-0.39, 0.29) is 44.5 Å². The molecule has 1 unspecified atom stereocenters. The molecule has 3 heteroatoms. The first-order valence-corrected chi connectivity index (χ1v) is 6.32. The molecule has 0 saturated carbocycles. The Bertz CT molecular complexity index is 539. The third kappa shape index (κ3) is 3.81. The van der Waals surface area contributed by atoms with Crippen LogP contribution in [0.5, 0.6) is 0 Å². The van der Waals surface area contributed by atoms with Crippen LogP contribution >= 0.6 is 0 Å². The molecular weight excluding hydrogens is 311 g/mol. The zero-order chi connectivity index (χ0) is 13.0. The molecule has 1 radical (unpaired) electrons. The van der Waals surface area contributed by atoms with Gasteiger partial charge in [-0.1, -0.05) is 25.1 Å². The van der Waals surface area contributed by atoms with Crippen molar-refractivity contribution in [3.63, 3.8) is 0 Å². The standard InChI is InChI=1S/C16H18NO.Y/c1-3-16(18)13(2)17-12-8-7-11-15(17)14-9-5-4-6-10-14;/h4-13H,3H2,1-2H3;/q+1;. The van der Waals surface area contributed by atoms with E-state index in [0.29, 0.717) is 6.42 Å². The molecule has 2 rings (SSSR count). The maximum Gasteiger partial charge on any atom is 0.213 e. The van der Waals surface area contributed by atoms with Crippen molar-refractivity contribution in [2.75, 3.05) is 0 Å². The van der Waals surface area contributed by atoms with Gasteiger partial charge in [0.1, 0.15) is 0 Å². The van der Waals surface area contributed by atoms with Gasteiger partial charge in [0.25, 0.3) is 0 Å². The van der Waals surface area contributed by atoms with Gasteiger partial charge in [-0.15, -0.1) is 0 Å². The third-order valence-corrected chi connectivity index (χ3v) is 3.19. The predicted octanol–water partition coefficient (Wildman–Crippen LogP) is 3.18. The van der Waals surface area contributed by atoms with Gasteiger partial charge in [-0.3, -0.25) is 4.79 Å². The van der Waals surface area contributed by atoms with Gasteiger partial charge in [-0.05, 0) is 18.2 Å². The van der Waals surface area contributed by atoms with Crippen LogP contribution in [0.4, 0.5) is 0 Å². The molecule has 95 valence electrons. The van der Waals surface area contributed by atoms with Gasteiger partial charge >= 0.3 is 0 Å².